The van der Waals surface area contributed by atoms with Gasteiger partial charge in [-0.25, -0.2) is 0 Å². The Kier molecular flexibility index (Phi) is 11.8. The van der Waals surface area contributed by atoms with Crippen LogP contribution in [0.3, 0.4) is 0 Å². The first-order valence-electron chi connectivity index (χ1n) is 9.12. The Morgan fingerprint density at radius 3 is 2.56 bits per heavy atom. The molecule has 0 saturated heterocycles. The summed E-state index contributed by atoms with van der Waals surface area (Å²) in [6.45, 7) is 4.88. The van der Waals surface area contributed by atoms with E-state index in [1.54, 1.807) is 13.8 Å². The minimum atomic E-state index is -0.695. The molecular formula is C19H31N3O4S. The number of benzene rings is 1. The Labute approximate surface area is 166 Å². The van der Waals surface area contributed by atoms with Crippen LogP contribution in [-0.2, 0) is 25.5 Å². The van der Waals surface area contributed by atoms with Crippen LogP contribution in [0.1, 0.15) is 19.4 Å². The van der Waals surface area contributed by atoms with E-state index in [0.717, 1.165) is 5.56 Å². The molecule has 27 heavy (non-hydrogen) atoms. The summed E-state index contributed by atoms with van der Waals surface area (Å²) in [5.41, 5.74) is 6.76. The number of thiol groups is 1. The number of rotatable bonds is 13. The zero-order valence-electron chi connectivity index (χ0n) is 16.0. The molecule has 4 N–H and O–H groups in total. The summed E-state index contributed by atoms with van der Waals surface area (Å²) >= 11 is 4.13. The van der Waals surface area contributed by atoms with Crippen molar-refractivity contribution in [1.82, 2.24) is 10.6 Å². The van der Waals surface area contributed by atoms with E-state index in [-0.39, 0.29) is 24.6 Å². The lowest BCUT2D eigenvalue weighted by Crippen LogP contribution is -2.42. The van der Waals surface area contributed by atoms with Gasteiger partial charge in [0, 0.05) is 31.3 Å². The standard InChI is InChI=1S/C19H31N3O4S/c1-14(2)26-18(23)12-22-19(24)17(10-15-6-4-3-5-7-15)25-9-8-21-11-16(20)13-27/h3-7,14,16-17,21,27H,8-13,20H2,1-2H3,(H,22,24)/t16?,17-/m0/s1. The highest BCUT2D eigenvalue weighted by Crippen LogP contribution is 2.06. The number of nitrogens with one attached hydrogen (secondary N) is 2. The zero-order valence-corrected chi connectivity index (χ0v) is 16.9. The molecule has 0 aromatic heterocycles. The Bertz CT molecular complexity index is 557. The van der Waals surface area contributed by atoms with Gasteiger partial charge >= 0.3 is 5.97 Å². The lowest BCUT2D eigenvalue weighted by molar-refractivity contribution is -0.148. The molecule has 0 saturated carbocycles. The van der Waals surface area contributed by atoms with Gasteiger partial charge in [-0.15, -0.1) is 0 Å². The molecule has 1 unspecified atom stereocenters. The predicted molar refractivity (Wildman–Crippen MR) is 109 cm³/mol. The van der Waals surface area contributed by atoms with Gasteiger partial charge < -0.3 is 25.8 Å². The number of amides is 1. The van der Waals surface area contributed by atoms with Crippen LogP contribution in [0.15, 0.2) is 30.3 Å². The summed E-state index contributed by atoms with van der Waals surface area (Å²) < 4.78 is 10.8. The molecule has 0 spiro atoms. The molecule has 0 aliphatic heterocycles. The number of hydrogen-bond acceptors (Lipinski definition) is 7. The highest BCUT2D eigenvalue weighted by atomic mass is 32.1. The van der Waals surface area contributed by atoms with Crippen molar-refractivity contribution in [3.8, 4) is 0 Å². The first-order chi connectivity index (χ1) is 12.9. The second-order valence-electron chi connectivity index (χ2n) is 6.45. The number of ether oxygens (including phenoxy) is 2. The summed E-state index contributed by atoms with van der Waals surface area (Å²) in [5, 5.41) is 5.75. The van der Waals surface area contributed by atoms with Crippen LogP contribution in [0.2, 0.25) is 0 Å². The first kappa shape index (κ1) is 23.4. The van der Waals surface area contributed by atoms with E-state index in [9.17, 15) is 9.59 Å². The minimum Gasteiger partial charge on any atom is -0.462 e. The van der Waals surface area contributed by atoms with E-state index in [4.69, 9.17) is 15.2 Å². The predicted octanol–water partition coefficient (Wildman–Crippen LogP) is 0.529. The van der Waals surface area contributed by atoms with Crippen LogP contribution >= 0.6 is 12.6 Å². The van der Waals surface area contributed by atoms with Crippen molar-refractivity contribution in [3.63, 3.8) is 0 Å². The zero-order chi connectivity index (χ0) is 20.1. The molecular weight excluding hydrogens is 366 g/mol. The number of carbonyl (C=O) groups is 2. The Balaban J connectivity index is 2.51. The maximum atomic E-state index is 12.5. The van der Waals surface area contributed by atoms with Gasteiger partial charge in [0.15, 0.2) is 0 Å². The normalized spacial score (nSPS) is 13.2. The van der Waals surface area contributed by atoms with Crippen molar-refractivity contribution in [3.05, 3.63) is 35.9 Å². The van der Waals surface area contributed by atoms with E-state index in [1.165, 1.54) is 0 Å². The van der Waals surface area contributed by atoms with Crippen molar-refractivity contribution in [2.75, 3.05) is 32.0 Å². The van der Waals surface area contributed by atoms with Gasteiger partial charge in [-0.05, 0) is 19.4 Å². The largest absolute Gasteiger partial charge is 0.462 e. The Hall–Kier alpha value is -1.61. The van der Waals surface area contributed by atoms with Gasteiger partial charge in [0.2, 0.25) is 5.91 Å². The summed E-state index contributed by atoms with van der Waals surface area (Å²) in [6.07, 6.45) is -0.498. The highest BCUT2D eigenvalue weighted by Gasteiger charge is 2.20. The molecule has 0 fully saturated rings. The number of esters is 1. The molecule has 152 valence electrons. The SMILES string of the molecule is CC(C)OC(=O)CNC(=O)[C@H](Cc1ccccc1)OCCNCC(N)CS. The van der Waals surface area contributed by atoms with Crippen LogP contribution in [0.5, 0.6) is 0 Å². The molecule has 0 heterocycles. The molecule has 1 rings (SSSR count). The van der Waals surface area contributed by atoms with Crippen molar-refractivity contribution < 1.29 is 19.1 Å². The van der Waals surface area contributed by atoms with Crippen LogP contribution in [0, 0.1) is 0 Å². The van der Waals surface area contributed by atoms with E-state index in [1.807, 2.05) is 30.3 Å². The molecule has 0 radical (unpaired) electrons. The number of carbonyl (C=O) groups excluding carboxylic acids is 2. The van der Waals surface area contributed by atoms with Crippen LogP contribution in [-0.4, -0.2) is 62.1 Å². The smallest absolute Gasteiger partial charge is 0.325 e. The highest BCUT2D eigenvalue weighted by molar-refractivity contribution is 7.80. The van der Waals surface area contributed by atoms with Gasteiger partial charge in [-0.1, -0.05) is 30.3 Å². The quantitative estimate of drug-likeness (QED) is 0.220. The lowest BCUT2D eigenvalue weighted by atomic mass is 10.1. The molecule has 7 nitrogen and oxygen atoms in total. The van der Waals surface area contributed by atoms with Gasteiger partial charge in [0.05, 0.1) is 12.7 Å². The molecule has 0 aliphatic carbocycles. The topological polar surface area (TPSA) is 103 Å². The fraction of sp³-hybridized carbons (Fsp3) is 0.579. The fourth-order valence-corrected chi connectivity index (χ4v) is 2.39. The Morgan fingerprint density at radius 1 is 1.22 bits per heavy atom. The molecule has 2 atom stereocenters. The summed E-state index contributed by atoms with van der Waals surface area (Å²) in [7, 11) is 0. The maximum absolute atomic E-state index is 12.5. The number of hydrogen-bond donors (Lipinski definition) is 4. The third-order valence-electron chi connectivity index (χ3n) is 3.57. The monoisotopic (exact) mass is 397 g/mol. The summed E-state index contributed by atoms with van der Waals surface area (Å²) in [4.78, 5) is 24.1. The van der Waals surface area contributed by atoms with E-state index in [0.29, 0.717) is 31.9 Å². The average Bonchev–Trinajstić information content (AvgIpc) is 2.64. The average molecular weight is 398 g/mol. The van der Waals surface area contributed by atoms with Gasteiger partial charge in [0.1, 0.15) is 12.6 Å². The van der Waals surface area contributed by atoms with Crippen molar-refractivity contribution in [1.29, 1.82) is 0 Å². The van der Waals surface area contributed by atoms with Crippen LogP contribution < -0.4 is 16.4 Å². The van der Waals surface area contributed by atoms with E-state index >= 15 is 0 Å². The second kappa shape index (κ2) is 13.5. The third-order valence-corrected chi connectivity index (χ3v) is 4.04. The molecule has 1 aromatic rings. The van der Waals surface area contributed by atoms with E-state index in [2.05, 4.69) is 23.3 Å². The van der Waals surface area contributed by atoms with Crippen LogP contribution in [0.4, 0.5) is 0 Å². The molecule has 8 heteroatoms. The van der Waals surface area contributed by atoms with Crippen molar-refractivity contribution >= 4 is 24.5 Å². The first-order valence-corrected chi connectivity index (χ1v) is 9.75. The molecule has 1 aromatic carbocycles. The molecule has 0 bridgehead atoms. The van der Waals surface area contributed by atoms with Crippen molar-refractivity contribution in [2.45, 2.75) is 38.5 Å². The minimum absolute atomic E-state index is 0.0243. The fourth-order valence-electron chi connectivity index (χ4n) is 2.26. The second-order valence-corrected chi connectivity index (χ2v) is 6.82. The van der Waals surface area contributed by atoms with Gasteiger partial charge in [-0.2, -0.15) is 12.6 Å². The summed E-state index contributed by atoms with van der Waals surface area (Å²) in [6, 6.07) is 9.57. The Morgan fingerprint density at radius 2 is 1.93 bits per heavy atom. The molecule has 0 aliphatic rings. The third kappa shape index (κ3) is 11.0. The number of nitrogens with two attached hydrogens (primary N) is 1. The summed E-state index contributed by atoms with van der Waals surface area (Å²) in [5.74, 6) is -0.217. The van der Waals surface area contributed by atoms with Crippen molar-refractivity contribution in [2.24, 2.45) is 5.73 Å². The van der Waals surface area contributed by atoms with Gasteiger partial charge in [-0.3, -0.25) is 9.59 Å². The van der Waals surface area contributed by atoms with Crippen LogP contribution in [0.25, 0.3) is 0 Å². The van der Waals surface area contributed by atoms with E-state index < -0.39 is 12.1 Å². The van der Waals surface area contributed by atoms with Gasteiger partial charge in [0.25, 0.3) is 0 Å². The molecule has 1 amide bonds. The lowest BCUT2D eigenvalue weighted by Gasteiger charge is -2.18. The maximum Gasteiger partial charge on any atom is 0.325 e.